The van der Waals surface area contributed by atoms with Gasteiger partial charge in [-0.05, 0) is 43.2 Å². The Morgan fingerprint density at radius 2 is 1.70 bits per heavy atom. The second kappa shape index (κ2) is 5.17. The van der Waals surface area contributed by atoms with Crippen LogP contribution in [0.1, 0.15) is 11.1 Å². The topological polar surface area (TPSA) is 63.4 Å². The Bertz CT molecular complexity index is 739. The zero-order chi connectivity index (χ0) is 14.9. The van der Waals surface area contributed by atoms with E-state index in [-0.39, 0.29) is 0 Å². The quantitative estimate of drug-likeness (QED) is 0.884. The molecule has 0 fully saturated rings. The summed E-state index contributed by atoms with van der Waals surface area (Å²) in [5.74, 6) is 0. The summed E-state index contributed by atoms with van der Waals surface area (Å²) in [6, 6.07) is 12.3. The molecule has 0 aliphatic carbocycles. The minimum Gasteiger partial charge on any atom is -0.397 e. The van der Waals surface area contributed by atoms with Crippen LogP contribution in [0.25, 0.3) is 0 Å². The summed E-state index contributed by atoms with van der Waals surface area (Å²) in [6.45, 7) is 3.66. The van der Waals surface area contributed by atoms with Crippen LogP contribution in [0.5, 0.6) is 0 Å². The van der Waals surface area contributed by atoms with E-state index in [0.29, 0.717) is 16.3 Å². The molecule has 0 unspecified atom stereocenters. The summed E-state index contributed by atoms with van der Waals surface area (Å²) in [7, 11) is -2.10. The lowest BCUT2D eigenvalue weighted by molar-refractivity contribution is 0.593. The van der Waals surface area contributed by atoms with Gasteiger partial charge in [-0.3, -0.25) is 4.31 Å². The molecule has 0 radical (unpaired) electrons. The predicted molar refractivity (Wildman–Crippen MR) is 82.4 cm³/mol. The number of hydrogen-bond acceptors (Lipinski definition) is 3. The van der Waals surface area contributed by atoms with Crippen molar-refractivity contribution >= 4 is 21.4 Å². The van der Waals surface area contributed by atoms with Crippen LogP contribution < -0.4 is 10.0 Å². The fraction of sp³-hybridized carbons (Fsp3) is 0.200. The molecule has 2 aromatic rings. The van der Waals surface area contributed by atoms with Crippen LogP contribution in [-0.2, 0) is 10.0 Å². The molecule has 2 aromatic carbocycles. The summed E-state index contributed by atoms with van der Waals surface area (Å²) < 4.78 is 26.7. The molecule has 2 rings (SSSR count). The number of rotatable bonds is 3. The Labute approximate surface area is 119 Å². The number of hydrogen-bond donors (Lipinski definition) is 1. The van der Waals surface area contributed by atoms with Crippen molar-refractivity contribution in [1.82, 2.24) is 0 Å². The van der Waals surface area contributed by atoms with Crippen molar-refractivity contribution in [3.63, 3.8) is 0 Å². The number of nitrogens with two attached hydrogens (primary N) is 1. The average molecular weight is 290 g/mol. The van der Waals surface area contributed by atoms with E-state index in [2.05, 4.69) is 0 Å². The van der Waals surface area contributed by atoms with E-state index >= 15 is 0 Å². The van der Waals surface area contributed by atoms with E-state index in [9.17, 15) is 8.42 Å². The van der Waals surface area contributed by atoms with Crippen LogP contribution in [-0.4, -0.2) is 15.5 Å². The van der Waals surface area contributed by atoms with Crippen molar-refractivity contribution in [3.8, 4) is 0 Å². The minimum absolute atomic E-state index is 0.309. The second-order valence-electron chi connectivity index (χ2n) is 4.80. The van der Waals surface area contributed by atoms with Crippen LogP contribution in [0, 0.1) is 13.8 Å². The van der Waals surface area contributed by atoms with Gasteiger partial charge in [-0.2, -0.15) is 0 Å². The smallest absolute Gasteiger partial charge is 0.264 e. The highest BCUT2D eigenvalue weighted by Gasteiger charge is 2.24. The monoisotopic (exact) mass is 290 g/mol. The van der Waals surface area contributed by atoms with Gasteiger partial charge in [-0.25, -0.2) is 8.42 Å². The number of para-hydroxylation sites is 2. The van der Waals surface area contributed by atoms with E-state index in [1.165, 1.54) is 11.4 Å². The van der Waals surface area contributed by atoms with Crippen molar-refractivity contribution < 1.29 is 8.42 Å². The van der Waals surface area contributed by atoms with E-state index < -0.39 is 10.0 Å². The van der Waals surface area contributed by atoms with Crippen LogP contribution in [0.2, 0.25) is 0 Å². The van der Waals surface area contributed by atoms with Crippen molar-refractivity contribution in [2.75, 3.05) is 17.1 Å². The maximum Gasteiger partial charge on any atom is 0.264 e. The standard InChI is InChI=1S/C15H18N2O2S/c1-11-8-9-12(2)15(10-11)20(18,19)17(3)14-7-5-4-6-13(14)16/h4-10H,16H2,1-3H3. The summed E-state index contributed by atoms with van der Waals surface area (Å²) >= 11 is 0. The van der Waals surface area contributed by atoms with Crippen LogP contribution in [0.4, 0.5) is 11.4 Å². The van der Waals surface area contributed by atoms with Crippen molar-refractivity contribution in [1.29, 1.82) is 0 Å². The zero-order valence-electron chi connectivity index (χ0n) is 11.8. The van der Waals surface area contributed by atoms with E-state index in [1.807, 2.05) is 19.1 Å². The molecule has 0 saturated carbocycles. The average Bonchev–Trinajstić information content (AvgIpc) is 2.41. The Morgan fingerprint density at radius 3 is 2.35 bits per heavy atom. The summed E-state index contributed by atoms with van der Waals surface area (Å²) in [6.07, 6.45) is 0. The number of nitrogens with zero attached hydrogens (tertiary/aromatic N) is 1. The summed E-state index contributed by atoms with van der Waals surface area (Å²) in [5.41, 5.74) is 8.40. The lowest BCUT2D eigenvalue weighted by Crippen LogP contribution is -2.28. The fourth-order valence-corrected chi connectivity index (χ4v) is 3.57. The number of benzene rings is 2. The van der Waals surface area contributed by atoms with E-state index in [0.717, 1.165) is 11.1 Å². The van der Waals surface area contributed by atoms with Gasteiger partial charge in [0.1, 0.15) is 0 Å². The zero-order valence-corrected chi connectivity index (χ0v) is 12.6. The lowest BCUT2D eigenvalue weighted by atomic mass is 10.2. The van der Waals surface area contributed by atoms with Crippen molar-refractivity contribution in [2.24, 2.45) is 0 Å². The Hall–Kier alpha value is -2.01. The summed E-state index contributed by atoms with van der Waals surface area (Å²) in [4.78, 5) is 0.309. The maximum absolute atomic E-state index is 12.7. The Kier molecular flexibility index (Phi) is 3.72. The minimum atomic E-state index is -3.61. The van der Waals surface area contributed by atoms with Gasteiger partial charge < -0.3 is 5.73 Å². The van der Waals surface area contributed by atoms with Crippen molar-refractivity contribution in [3.05, 3.63) is 53.6 Å². The molecule has 0 heterocycles. The van der Waals surface area contributed by atoms with Crippen molar-refractivity contribution in [2.45, 2.75) is 18.7 Å². The first-order chi connectivity index (χ1) is 9.34. The molecule has 0 atom stereocenters. The normalized spacial score (nSPS) is 11.3. The first-order valence-electron chi connectivity index (χ1n) is 6.24. The third-order valence-corrected chi connectivity index (χ3v) is 5.17. The largest absolute Gasteiger partial charge is 0.397 e. The molecule has 0 aromatic heterocycles. The molecule has 0 aliphatic heterocycles. The summed E-state index contributed by atoms with van der Waals surface area (Å²) in [5, 5.41) is 0. The molecule has 106 valence electrons. The number of nitrogen functional groups attached to an aromatic ring is 1. The molecule has 5 heteroatoms. The van der Waals surface area contributed by atoms with Crippen LogP contribution >= 0.6 is 0 Å². The van der Waals surface area contributed by atoms with Gasteiger partial charge in [0.05, 0.1) is 16.3 Å². The van der Waals surface area contributed by atoms with E-state index in [4.69, 9.17) is 5.73 Å². The van der Waals surface area contributed by atoms with Crippen LogP contribution in [0.15, 0.2) is 47.4 Å². The third kappa shape index (κ3) is 2.49. The third-order valence-electron chi connectivity index (χ3n) is 3.26. The lowest BCUT2D eigenvalue weighted by Gasteiger charge is -2.22. The molecular formula is C15H18N2O2S. The molecular weight excluding hydrogens is 272 g/mol. The Morgan fingerprint density at radius 1 is 1.05 bits per heavy atom. The Balaban J connectivity index is 2.56. The molecule has 0 spiro atoms. The molecule has 0 saturated heterocycles. The SMILES string of the molecule is Cc1ccc(C)c(S(=O)(=O)N(C)c2ccccc2N)c1. The molecule has 0 amide bonds. The highest BCUT2D eigenvalue weighted by Crippen LogP contribution is 2.28. The second-order valence-corrected chi connectivity index (χ2v) is 6.74. The molecule has 20 heavy (non-hydrogen) atoms. The molecule has 0 aliphatic rings. The maximum atomic E-state index is 12.7. The highest BCUT2D eigenvalue weighted by atomic mass is 32.2. The fourth-order valence-electron chi connectivity index (χ4n) is 2.04. The van der Waals surface area contributed by atoms with Gasteiger partial charge in [0.2, 0.25) is 0 Å². The molecule has 2 N–H and O–H groups in total. The van der Waals surface area contributed by atoms with Gasteiger partial charge in [-0.1, -0.05) is 24.3 Å². The van der Waals surface area contributed by atoms with Gasteiger partial charge in [0.25, 0.3) is 10.0 Å². The highest BCUT2D eigenvalue weighted by molar-refractivity contribution is 7.92. The first kappa shape index (κ1) is 14.4. The first-order valence-corrected chi connectivity index (χ1v) is 7.68. The molecule has 0 bridgehead atoms. The number of anilines is 2. The van der Waals surface area contributed by atoms with Gasteiger partial charge >= 0.3 is 0 Å². The molecule has 4 nitrogen and oxygen atoms in total. The number of sulfonamides is 1. The number of aryl methyl sites for hydroxylation is 2. The van der Waals surface area contributed by atoms with Crippen LogP contribution in [0.3, 0.4) is 0 Å². The van der Waals surface area contributed by atoms with Gasteiger partial charge in [-0.15, -0.1) is 0 Å². The van der Waals surface area contributed by atoms with E-state index in [1.54, 1.807) is 37.3 Å². The van der Waals surface area contributed by atoms with Gasteiger partial charge in [0.15, 0.2) is 0 Å². The van der Waals surface area contributed by atoms with Gasteiger partial charge in [0, 0.05) is 7.05 Å². The predicted octanol–water partition coefficient (Wildman–Crippen LogP) is 2.71.